The lowest BCUT2D eigenvalue weighted by molar-refractivity contribution is -0.214. The Bertz CT molecular complexity index is 1560. The average molecular weight is 725 g/mol. The second-order valence-corrected chi connectivity index (χ2v) is 19.7. The highest BCUT2D eigenvalue weighted by Gasteiger charge is 2.70. The molecule has 1 saturated heterocycles. The zero-order chi connectivity index (χ0) is 38.4. The van der Waals surface area contributed by atoms with Crippen molar-refractivity contribution in [2.75, 3.05) is 33.3 Å². The fourth-order valence-electron chi connectivity index (χ4n) is 13.1. The number of carboxylic acid groups (broad SMARTS) is 1. The van der Waals surface area contributed by atoms with Gasteiger partial charge >= 0.3 is 18.0 Å². The highest BCUT2D eigenvalue weighted by molar-refractivity contribution is 6.00. The molecular weight excluding hydrogens is 660 g/mol. The van der Waals surface area contributed by atoms with Gasteiger partial charge in [0.25, 0.3) is 0 Å². The quantitative estimate of drug-likeness (QED) is 0.223. The van der Waals surface area contributed by atoms with E-state index in [0.717, 1.165) is 50.5 Å². The molecule has 4 saturated carbocycles. The fraction of sp³-hybridized carbons (Fsp3) is 0.833. The number of hydrogen-bond donors (Lipinski definition) is 1. The molecular formula is C42H64N2O8. The van der Waals surface area contributed by atoms with Crippen LogP contribution in [0.25, 0.3) is 0 Å². The summed E-state index contributed by atoms with van der Waals surface area (Å²) in [5, 5.41) is 9.60. The summed E-state index contributed by atoms with van der Waals surface area (Å²) in [6.07, 6.45) is 6.64. The minimum absolute atomic E-state index is 0.0194. The van der Waals surface area contributed by atoms with Crippen LogP contribution >= 0.6 is 0 Å². The number of amides is 2. The lowest BCUT2D eigenvalue weighted by Gasteiger charge is -2.70. The predicted octanol–water partition coefficient (Wildman–Crippen LogP) is 7.29. The van der Waals surface area contributed by atoms with Crippen LogP contribution in [-0.4, -0.2) is 84.0 Å². The molecule has 10 nitrogen and oxygen atoms in total. The first kappa shape index (κ1) is 38.8. The van der Waals surface area contributed by atoms with Gasteiger partial charge in [-0.1, -0.05) is 54.0 Å². The highest BCUT2D eigenvalue weighted by atomic mass is 16.5. The zero-order valence-corrected chi connectivity index (χ0v) is 33.5. The van der Waals surface area contributed by atoms with Crippen LogP contribution in [0.3, 0.4) is 0 Å². The molecule has 1 unspecified atom stereocenters. The molecule has 8 atom stereocenters. The van der Waals surface area contributed by atoms with Crippen molar-refractivity contribution in [1.29, 1.82) is 0 Å². The molecule has 290 valence electrons. The molecule has 0 spiro atoms. The number of ether oxygens (including phenoxy) is 2. The summed E-state index contributed by atoms with van der Waals surface area (Å²) in [4.78, 5) is 69.5. The Hall–Kier alpha value is -2.91. The number of methoxy groups -OCH3 is 1. The number of esters is 1. The Labute approximate surface area is 310 Å². The monoisotopic (exact) mass is 724 g/mol. The predicted molar refractivity (Wildman–Crippen MR) is 196 cm³/mol. The van der Waals surface area contributed by atoms with Gasteiger partial charge in [-0.05, 0) is 105 Å². The molecule has 2 amide bonds. The molecule has 1 aliphatic heterocycles. The van der Waals surface area contributed by atoms with Crippen LogP contribution in [0.4, 0.5) is 4.79 Å². The molecule has 0 aromatic rings. The molecule has 0 aromatic carbocycles. The minimum Gasteiger partial charge on any atom is -0.481 e. The fourth-order valence-corrected chi connectivity index (χ4v) is 13.1. The number of carbonyl (C=O) groups is 5. The molecule has 6 aliphatic rings. The number of aliphatic carboxylic acids is 1. The van der Waals surface area contributed by atoms with Crippen molar-refractivity contribution in [3.8, 4) is 0 Å². The van der Waals surface area contributed by atoms with E-state index < -0.39 is 22.8 Å². The topological polar surface area (TPSA) is 131 Å². The Kier molecular flexibility index (Phi) is 9.59. The van der Waals surface area contributed by atoms with Gasteiger partial charge in [0.2, 0.25) is 5.91 Å². The number of rotatable bonds is 6. The second kappa shape index (κ2) is 12.9. The number of piperazine rings is 1. The van der Waals surface area contributed by atoms with Crippen LogP contribution in [0, 0.1) is 56.2 Å². The van der Waals surface area contributed by atoms with Gasteiger partial charge in [-0.25, -0.2) is 4.79 Å². The lowest BCUT2D eigenvalue weighted by Crippen LogP contribution is -2.64. The molecule has 10 heteroatoms. The van der Waals surface area contributed by atoms with Crippen LogP contribution < -0.4 is 0 Å². The van der Waals surface area contributed by atoms with Crippen molar-refractivity contribution in [3.63, 3.8) is 0 Å². The summed E-state index contributed by atoms with van der Waals surface area (Å²) in [5.74, 6) is -0.559. The van der Waals surface area contributed by atoms with Crippen LogP contribution in [0.5, 0.6) is 0 Å². The SMILES string of the molecule is COC(=O)N1CCN(C(=O)[C@@]23CC[C@]4(C)C(=C2C(C(C)C)C(=O)C3)CC[C@@H]2[C@@]3(C)CC[C@H](OC(=O)CC(C)(C)C(=O)O)C(C)(C)[C@@H]3CC[C@]24C)CC1. The van der Waals surface area contributed by atoms with E-state index in [-0.39, 0.29) is 70.2 Å². The van der Waals surface area contributed by atoms with E-state index in [0.29, 0.717) is 44.4 Å². The maximum atomic E-state index is 14.8. The van der Waals surface area contributed by atoms with Crippen molar-refractivity contribution in [2.24, 2.45) is 56.2 Å². The number of allylic oxidation sites excluding steroid dienone is 1. The minimum atomic E-state index is -1.18. The number of carbonyl (C=O) groups excluding carboxylic acids is 4. The molecule has 5 fully saturated rings. The van der Waals surface area contributed by atoms with E-state index in [9.17, 15) is 29.1 Å². The molecule has 5 aliphatic carbocycles. The smallest absolute Gasteiger partial charge is 0.409 e. The summed E-state index contributed by atoms with van der Waals surface area (Å²) >= 11 is 0. The van der Waals surface area contributed by atoms with Crippen molar-refractivity contribution in [1.82, 2.24) is 9.80 Å². The summed E-state index contributed by atoms with van der Waals surface area (Å²) in [6.45, 7) is 21.1. The highest BCUT2D eigenvalue weighted by Crippen LogP contribution is 2.76. The summed E-state index contributed by atoms with van der Waals surface area (Å²) < 4.78 is 11.1. The van der Waals surface area contributed by atoms with E-state index in [1.54, 1.807) is 18.7 Å². The standard InChI is InChI=1S/C42H64N2O8/c1-25(2)32-27(45)23-42(34(47)43-19-21-44(22-20-43)36(50)51-10)18-17-40(8)26(33(32)42)11-12-29-39(7)15-14-30(52-31(46)24-37(3,4)35(48)49)38(5,6)28(39)13-16-41(29,40)9/h25,28-30,32H,11-24H2,1-10H3,(H,48,49)/t28-,29+,30-,32?,39-,40+,41+,42+/m0/s1. The third-order valence-corrected chi connectivity index (χ3v) is 16.1. The summed E-state index contributed by atoms with van der Waals surface area (Å²) in [7, 11) is 1.38. The number of Topliss-reactive ketones (excluding diaryl/α,β-unsaturated/α-hetero) is 1. The average Bonchev–Trinajstić information content (AvgIpc) is 3.38. The van der Waals surface area contributed by atoms with Crippen molar-refractivity contribution < 1.29 is 38.6 Å². The molecule has 6 rings (SSSR count). The molecule has 0 radical (unpaired) electrons. The number of fused-ring (bicyclic) bond motifs is 6. The number of nitrogens with zero attached hydrogens (tertiary/aromatic N) is 2. The first-order valence-corrected chi connectivity index (χ1v) is 19.9. The Morgan fingerprint density at radius 3 is 2.12 bits per heavy atom. The van der Waals surface area contributed by atoms with Crippen LogP contribution in [0.2, 0.25) is 0 Å². The van der Waals surface area contributed by atoms with E-state index in [1.807, 2.05) is 4.90 Å². The normalized spacial score (nSPS) is 38.6. The second-order valence-electron chi connectivity index (χ2n) is 19.7. The Morgan fingerprint density at radius 2 is 1.52 bits per heavy atom. The Morgan fingerprint density at radius 1 is 0.885 bits per heavy atom. The first-order valence-electron chi connectivity index (χ1n) is 19.9. The largest absolute Gasteiger partial charge is 0.481 e. The van der Waals surface area contributed by atoms with Crippen molar-refractivity contribution in [2.45, 2.75) is 133 Å². The maximum Gasteiger partial charge on any atom is 0.409 e. The van der Waals surface area contributed by atoms with Gasteiger partial charge in [0, 0.05) is 43.9 Å². The number of hydrogen-bond acceptors (Lipinski definition) is 7. The van der Waals surface area contributed by atoms with Gasteiger partial charge in [0.1, 0.15) is 11.9 Å². The molecule has 1 N–H and O–H groups in total. The zero-order valence-electron chi connectivity index (χ0n) is 33.5. The Balaban J connectivity index is 1.31. The third-order valence-electron chi connectivity index (χ3n) is 16.1. The molecule has 52 heavy (non-hydrogen) atoms. The lowest BCUT2D eigenvalue weighted by atomic mass is 9.34. The van der Waals surface area contributed by atoms with E-state index in [4.69, 9.17) is 9.47 Å². The molecule has 1 heterocycles. The maximum absolute atomic E-state index is 14.8. The summed E-state index contributed by atoms with van der Waals surface area (Å²) in [5.41, 5.74) is 0.106. The number of carboxylic acids is 1. The van der Waals surface area contributed by atoms with Crippen LogP contribution in [0.15, 0.2) is 11.1 Å². The van der Waals surface area contributed by atoms with Crippen molar-refractivity contribution >= 4 is 29.7 Å². The van der Waals surface area contributed by atoms with Crippen LogP contribution in [0.1, 0.15) is 127 Å². The third kappa shape index (κ3) is 5.56. The van der Waals surface area contributed by atoms with Gasteiger partial charge in [0.05, 0.1) is 24.4 Å². The summed E-state index contributed by atoms with van der Waals surface area (Å²) in [6, 6.07) is 0. The van der Waals surface area contributed by atoms with Crippen LogP contribution in [-0.2, 0) is 28.7 Å². The van der Waals surface area contributed by atoms with E-state index in [1.165, 1.54) is 12.7 Å². The number of ketones is 1. The molecule has 0 bridgehead atoms. The first-order chi connectivity index (χ1) is 24.1. The van der Waals surface area contributed by atoms with Gasteiger partial charge in [-0.3, -0.25) is 19.2 Å². The van der Waals surface area contributed by atoms with Crippen molar-refractivity contribution in [3.05, 3.63) is 11.1 Å². The van der Waals surface area contributed by atoms with Gasteiger partial charge in [0.15, 0.2) is 0 Å². The van der Waals surface area contributed by atoms with E-state index in [2.05, 4.69) is 48.5 Å². The molecule has 0 aromatic heterocycles. The van der Waals surface area contributed by atoms with Gasteiger partial charge in [-0.15, -0.1) is 0 Å². The van der Waals surface area contributed by atoms with Gasteiger partial charge < -0.3 is 24.4 Å². The van der Waals surface area contributed by atoms with E-state index >= 15 is 0 Å². The van der Waals surface area contributed by atoms with Gasteiger partial charge in [-0.2, -0.15) is 0 Å².